The second-order valence-corrected chi connectivity index (χ2v) is 5.80. The molecule has 0 aliphatic rings. The van der Waals surface area contributed by atoms with Gasteiger partial charge in [-0.15, -0.1) is 0 Å². The van der Waals surface area contributed by atoms with Crippen molar-refractivity contribution in [3.63, 3.8) is 0 Å². The van der Waals surface area contributed by atoms with Crippen LogP contribution in [0.4, 0.5) is 0 Å². The molecular weight excluding hydrogens is 240 g/mol. The van der Waals surface area contributed by atoms with Crippen molar-refractivity contribution >= 4 is 15.9 Å². The van der Waals surface area contributed by atoms with Gasteiger partial charge in [0.1, 0.15) is 0 Å². The maximum absolute atomic E-state index is 5.83. The number of hydrogen-bond donors (Lipinski definition) is 0. The smallest absolute Gasteiger partial charge is 0.0547 e. The van der Waals surface area contributed by atoms with Crippen LogP contribution < -0.4 is 0 Å². The summed E-state index contributed by atoms with van der Waals surface area (Å²) in [5.74, 6) is 0.599. The second-order valence-electron chi connectivity index (χ2n) is 5.15. The number of halogens is 1. The van der Waals surface area contributed by atoms with Gasteiger partial charge in [0.15, 0.2) is 0 Å². The molecule has 14 heavy (non-hydrogen) atoms. The SMILES string of the molecule is CCCC(C)OCC(CBr)C(C)(C)C. The van der Waals surface area contributed by atoms with Gasteiger partial charge < -0.3 is 4.74 Å². The number of rotatable bonds is 6. The van der Waals surface area contributed by atoms with Crippen LogP contribution in [0.1, 0.15) is 47.5 Å². The van der Waals surface area contributed by atoms with Gasteiger partial charge in [-0.25, -0.2) is 0 Å². The minimum absolute atomic E-state index is 0.329. The highest BCUT2D eigenvalue weighted by molar-refractivity contribution is 9.09. The summed E-state index contributed by atoms with van der Waals surface area (Å²) in [6.07, 6.45) is 2.78. The first-order valence-corrected chi connectivity index (χ1v) is 6.71. The van der Waals surface area contributed by atoms with Crippen molar-refractivity contribution in [3.05, 3.63) is 0 Å². The zero-order valence-corrected chi connectivity index (χ0v) is 11.9. The van der Waals surface area contributed by atoms with Gasteiger partial charge in [-0.2, -0.15) is 0 Å². The van der Waals surface area contributed by atoms with E-state index in [2.05, 4.69) is 50.5 Å². The van der Waals surface area contributed by atoms with E-state index < -0.39 is 0 Å². The number of ether oxygens (including phenoxy) is 1. The topological polar surface area (TPSA) is 9.23 Å². The van der Waals surface area contributed by atoms with Crippen LogP contribution in [0.3, 0.4) is 0 Å². The maximum Gasteiger partial charge on any atom is 0.0547 e. The fourth-order valence-electron chi connectivity index (χ4n) is 1.30. The highest BCUT2D eigenvalue weighted by Gasteiger charge is 2.24. The predicted octanol–water partition coefficient (Wildman–Crippen LogP) is 4.25. The first kappa shape index (κ1) is 14.4. The third-order valence-corrected chi connectivity index (χ3v) is 3.47. The molecule has 0 rings (SSSR count). The van der Waals surface area contributed by atoms with Crippen LogP contribution in [0.2, 0.25) is 0 Å². The van der Waals surface area contributed by atoms with Gasteiger partial charge in [-0.1, -0.05) is 50.0 Å². The molecule has 2 heteroatoms. The molecular formula is C12H25BrO. The third kappa shape index (κ3) is 6.02. The zero-order chi connectivity index (χ0) is 11.2. The molecule has 0 aromatic rings. The van der Waals surface area contributed by atoms with Crippen molar-refractivity contribution in [2.45, 2.75) is 53.6 Å². The van der Waals surface area contributed by atoms with E-state index in [1.807, 2.05) is 0 Å². The summed E-state index contributed by atoms with van der Waals surface area (Å²) in [7, 11) is 0. The van der Waals surface area contributed by atoms with Gasteiger partial charge in [0.25, 0.3) is 0 Å². The number of hydrogen-bond acceptors (Lipinski definition) is 1. The Hall–Kier alpha value is 0.440. The van der Waals surface area contributed by atoms with Crippen LogP contribution in [0, 0.1) is 11.3 Å². The van der Waals surface area contributed by atoms with E-state index in [0.29, 0.717) is 17.4 Å². The second kappa shape index (κ2) is 6.84. The molecule has 0 aliphatic carbocycles. The average molecular weight is 265 g/mol. The van der Waals surface area contributed by atoms with Crippen molar-refractivity contribution in [1.82, 2.24) is 0 Å². The van der Waals surface area contributed by atoms with Gasteiger partial charge in [-0.3, -0.25) is 0 Å². The molecule has 2 unspecified atom stereocenters. The summed E-state index contributed by atoms with van der Waals surface area (Å²) in [6.45, 7) is 12.0. The summed E-state index contributed by atoms with van der Waals surface area (Å²) >= 11 is 3.56. The van der Waals surface area contributed by atoms with E-state index in [9.17, 15) is 0 Å². The van der Waals surface area contributed by atoms with E-state index >= 15 is 0 Å². The van der Waals surface area contributed by atoms with E-state index in [1.165, 1.54) is 12.8 Å². The lowest BCUT2D eigenvalue weighted by Gasteiger charge is -2.30. The molecule has 0 spiro atoms. The first-order valence-electron chi connectivity index (χ1n) is 5.59. The Labute approximate surface area is 97.7 Å². The van der Waals surface area contributed by atoms with Gasteiger partial charge >= 0.3 is 0 Å². The van der Waals surface area contributed by atoms with Gasteiger partial charge in [-0.05, 0) is 24.7 Å². The zero-order valence-electron chi connectivity index (χ0n) is 10.3. The fourth-order valence-corrected chi connectivity index (χ4v) is 2.45. The van der Waals surface area contributed by atoms with Crippen molar-refractivity contribution in [1.29, 1.82) is 0 Å². The summed E-state index contributed by atoms with van der Waals surface area (Å²) in [5, 5.41) is 1.02. The molecule has 0 saturated carbocycles. The molecule has 0 fully saturated rings. The van der Waals surface area contributed by atoms with E-state index in [4.69, 9.17) is 4.74 Å². The molecule has 0 heterocycles. The average Bonchev–Trinajstić information content (AvgIpc) is 2.03. The van der Waals surface area contributed by atoms with Crippen molar-refractivity contribution in [2.75, 3.05) is 11.9 Å². The lowest BCUT2D eigenvalue weighted by molar-refractivity contribution is 0.0145. The Morgan fingerprint density at radius 2 is 1.86 bits per heavy atom. The fraction of sp³-hybridized carbons (Fsp3) is 1.00. The summed E-state index contributed by atoms with van der Waals surface area (Å²) in [4.78, 5) is 0. The van der Waals surface area contributed by atoms with Crippen LogP contribution in [-0.4, -0.2) is 18.0 Å². The molecule has 0 aliphatic heterocycles. The van der Waals surface area contributed by atoms with Crippen LogP contribution in [0.5, 0.6) is 0 Å². The molecule has 0 aromatic heterocycles. The third-order valence-electron chi connectivity index (χ3n) is 2.69. The normalized spacial score (nSPS) is 16.7. The first-order chi connectivity index (χ1) is 6.41. The highest BCUT2D eigenvalue weighted by atomic mass is 79.9. The molecule has 1 nitrogen and oxygen atoms in total. The molecule has 0 bridgehead atoms. The minimum Gasteiger partial charge on any atom is -0.378 e. The molecule has 0 saturated heterocycles. The van der Waals surface area contributed by atoms with Crippen LogP contribution in [0.15, 0.2) is 0 Å². The largest absolute Gasteiger partial charge is 0.378 e. The van der Waals surface area contributed by atoms with Crippen LogP contribution in [0.25, 0.3) is 0 Å². The molecule has 2 atom stereocenters. The van der Waals surface area contributed by atoms with Gasteiger partial charge in [0.05, 0.1) is 12.7 Å². The minimum atomic E-state index is 0.329. The Morgan fingerprint density at radius 3 is 2.21 bits per heavy atom. The molecule has 0 aromatic carbocycles. The van der Waals surface area contributed by atoms with Crippen molar-refractivity contribution < 1.29 is 4.74 Å². The summed E-state index contributed by atoms with van der Waals surface area (Å²) in [6, 6.07) is 0. The highest BCUT2D eigenvalue weighted by Crippen LogP contribution is 2.28. The predicted molar refractivity (Wildman–Crippen MR) is 67.1 cm³/mol. The lowest BCUT2D eigenvalue weighted by Crippen LogP contribution is -2.28. The summed E-state index contributed by atoms with van der Waals surface area (Å²) < 4.78 is 5.83. The van der Waals surface area contributed by atoms with Crippen molar-refractivity contribution in [2.24, 2.45) is 11.3 Å². The Kier molecular flexibility index (Phi) is 7.05. The molecule has 0 radical (unpaired) electrons. The van der Waals surface area contributed by atoms with Crippen molar-refractivity contribution in [3.8, 4) is 0 Å². The van der Waals surface area contributed by atoms with E-state index in [1.54, 1.807) is 0 Å². The monoisotopic (exact) mass is 264 g/mol. The quantitative estimate of drug-likeness (QED) is 0.652. The van der Waals surface area contributed by atoms with E-state index in [-0.39, 0.29) is 0 Å². The Morgan fingerprint density at radius 1 is 1.29 bits per heavy atom. The molecule has 86 valence electrons. The van der Waals surface area contributed by atoms with Crippen LogP contribution in [-0.2, 0) is 4.74 Å². The van der Waals surface area contributed by atoms with Gasteiger partial charge in [0.2, 0.25) is 0 Å². The maximum atomic E-state index is 5.83. The lowest BCUT2D eigenvalue weighted by atomic mass is 9.83. The molecule has 0 N–H and O–H groups in total. The van der Waals surface area contributed by atoms with Gasteiger partial charge in [0, 0.05) is 5.33 Å². The van der Waals surface area contributed by atoms with Crippen LogP contribution >= 0.6 is 15.9 Å². The standard InChI is InChI=1S/C12H25BrO/c1-6-7-10(2)14-9-11(8-13)12(3,4)5/h10-11H,6-9H2,1-5H3. The molecule has 0 amide bonds. The number of alkyl halides is 1. The van der Waals surface area contributed by atoms with E-state index in [0.717, 1.165) is 11.9 Å². The summed E-state index contributed by atoms with van der Waals surface area (Å²) in [5.41, 5.74) is 0.329. The Bertz CT molecular complexity index is 140. The Balaban J connectivity index is 3.84.